The number of nitro benzene ring substituents is 1. The summed E-state index contributed by atoms with van der Waals surface area (Å²) in [4.78, 5) is 21.0. The van der Waals surface area contributed by atoms with E-state index in [2.05, 4.69) is 4.74 Å². The van der Waals surface area contributed by atoms with Gasteiger partial charge in [0, 0.05) is 6.08 Å². The number of benzene rings is 1. The molecule has 18 heavy (non-hydrogen) atoms. The summed E-state index contributed by atoms with van der Waals surface area (Å²) >= 11 is 0. The van der Waals surface area contributed by atoms with Gasteiger partial charge in [0.2, 0.25) is 5.76 Å². The third-order valence-corrected chi connectivity index (χ3v) is 1.97. The average Bonchev–Trinajstić information content (AvgIpc) is 2.31. The van der Waals surface area contributed by atoms with Crippen molar-refractivity contribution >= 4 is 17.7 Å². The number of hydrogen-bond acceptors (Lipinski definition) is 5. The van der Waals surface area contributed by atoms with Crippen molar-refractivity contribution in [3.63, 3.8) is 0 Å². The maximum atomic E-state index is 12.8. The van der Waals surface area contributed by atoms with E-state index in [1.54, 1.807) is 6.92 Å². The summed E-state index contributed by atoms with van der Waals surface area (Å²) < 4.78 is 17.3. The van der Waals surface area contributed by atoms with Crippen LogP contribution >= 0.6 is 0 Å². The molecule has 0 bridgehead atoms. The zero-order valence-electron chi connectivity index (χ0n) is 9.42. The van der Waals surface area contributed by atoms with Gasteiger partial charge < -0.3 is 9.84 Å². The molecular formula is C11H10FNO5. The molecule has 0 aromatic heterocycles. The average molecular weight is 255 g/mol. The summed E-state index contributed by atoms with van der Waals surface area (Å²) in [5, 5.41) is 20.0. The normalized spacial score (nSPS) is 11.1. The lowest BCUT2D eigenvalue weighted by Crippen LogP contribution is -2.07. The van der Waals surface area contributed by atoms with Gasteiger partial charge in [0.05, 0.1) is 23.2 Å². The number of ether oxygens (including phenoxy) is 1. The largest absolute Gasteiger partial charge is 0.502 e. The number of aliphatic hydroxyl groups is 1. The van der Waals surface area contributed by atoms with Crippen LogP contribution in [0.25, 0.3) is 6.08 Å². The van der Waals surface area contributed by atoms with Gasteiger partial charge in [-0.3, -0.25) is 10.1 Å². The van der Waals surface area contributed by atoms with E-state index < -0.39 is 28.2 Å². The first-order valence-electron chi connectivity index (χ1n) is 4.97. The number of rotatable bonds is 4. The fourth-order valence-corrected chi connectivity index (χ4v) is 1.21. The summed E-state index contributed by atoms with van der Waals surface area (Å²) in [6.45, 7) is 1.60. The van der Waals surface area contributed by atoms with Crippen LogP contribution in [0.1, 0.15) is 12.5 Å². The molecule has 0 heterocycles. The topological polar surface area (TPSA) is 89.7 Å². The SMILES string of the molecule is CCOC(=O)C(O)=Cc1ccc(F)cc1[N+](=O)[O-]. The first-order chi connectivity index (χ1) is 8.45. The number of hydrogen-bond donors (Lipinski definition) is 1. The van der Waals surface area contributed by atoms with E-state index in [1.165, 1.54) is 0 Å². The second-order valence-corrected chi connectivity index (χ2v) is 3.21. The van der Waals surface area contributed by atoms with Crippen LogP contribution in [-0.4, -0.2) is 22.6 Å². The van der Waals surface area contributed by atoms with Gasteiger partial charge >= 0.3 is 5.97 Å². The van der Waals surface area contributed by atoms with Crippen LogP contribution in [0, 0.1) is 15.9 Å². The van der Waals surface area contributed by atoms with E-state index in [0.717, 1.165) is 18.2 Å². The van der Waals surface area contributed by atoms with Crippen molar-refractivity contribution in [2.45, 2.75) is 6.92 Å². The van der Waals surface area contributed by atoms with Crippen LogP contribution in [-0.2, 0) is 9.53 Å². The Bertz CT molecular complexity index is 512. The Morgan fingerprint density at radius 1 is 1.61 bits per heavy atom. The highest BCUT2D eigenvalue weighted by Gasteiger charge is 2.16. The highest BCUT2D eigenvalue weighted by molar-refractivity contribution is 5.91. The van der Waals surface area contributed by atoms with E-state index in [0.29, 0.717) is 6.07 Å². The van der Waals surface area contributed by atoms with Gasteiger partial charge in [0.1, 0.15) is 5.82 Å². The molecule has 0 aliphatic heterocycles. The van der Waals surface area contributed by atoms with Crippen molar-refractivity contribution in [1.82, 2.24) is 0 Å². The lowest BCUT2D eigenvalue weighted by Gasteiger charge is -2.01. The third-order valence-electron chi connectivity index (χ3n) is 1.97. The molecule has 1 rings (SSSR count). The molecule has 1 aromatic rings. The number of esters is 1. The Hall–Kier alpha value is -2.44. The van der Waals surface area contributed by atoms with Crippen LogP contribution < -0.4 is 0 Å². The van der Waals surface area contributed by atoms with Crippen molar-refractivity contribution < 1.29 is 24.0 Å². The molecule has 0 aliphatic carbocycles. The van der Waals surface area contributed by atoms with Crippen molar-refractivity contribution in [3.8, 4) is 0 Å². The van der Waals surface area contributed by atoms with Gasteiger partial charge in [-0.15, -0.1) is 0 Å². The van der Waals surface area contributed by atoms with E-state index in [-0.39, 0.29) is 12.2 Å². The second kappa shape index (κ2) is 5.76. The Morgan fingerprint density at radius 2 is 2.28 bits per heavy atom. The zero-order valence-corrected chi connectivity index (χ0v) is 9.42. The second-order valence-electron chi connectivity index (χ2n) is 3.21. The Kier molecular flexibility index (Phi) is 4.36. The Labute approximate surface area is 101 Å². The van der Waals surface area contributed by atoms with Crippen LogP contribution in [0.2, 0.25) is 0 Å². The molecule has 0 aliphatic rings. The fourth-order valence-electron chi connectivity index (χ4n) is 1.21. The molecule has 0 amide bonds. The summed E-state index contributed by atoms with van der Waals surface area (Å²) in [5.41, 5.74) is -0.641. The van der Waals surface area contributed by atoms with E-state index in [4.69, 9.17) is 0 Å². The van der Waals surface area contributed by atoms with Crippen LogP contribution in [0.5, 0.6) is 0 Å². The molecule has 0 radical (unpaired) electrons. The molecule has 0 atom stereocenters. The van der Waals surface area contributed by atoms with Crippen molar-refractivity contribution in [3.05, 3.63) is 45.5 Å². The summed E-state index contributed by atoms with van der Waals surface area (Å²) in [5.74, 6) is -2.57. The molecule has 0 fully saturated rings. The lowest BCUT2D eigenvalue weighted by atomic mass is 10.1. The maximum Gasteiger partial charge on any atom is 0.373 e. The van der Waals surface area contributed by atoms with Crippen LogP contribution in [0.15, 0.2) is 24.0 Å². The lowest BCUT2D eigenvalue weighted by molar-refractivity contribution is -0.385. The minimum atomic E-state index is -1.00. The summed E-state index contributed by atoms with van der Waals surface area (Å²) in [6, 6.07) is 2.77. The molecule has 0 unspecified atom stereocenters. The molecule has 1 aromatic carbocycles. The predicted molar refractivity (Wildman–Crippen MR) is 60.3 cm³/mol. The van der Waals surface area contributed by atoms with Gasteiger partial charge in [-0.25, -0.2) is 9.18 Å². The zero-order chi connectivity index (χ0) is 13.7. The van der Waals surface area contributed by atoms with Gasteiger partial charge in [0.25, 0.3) is 5.69 Å². The molecule has 0 saturated carbocycles. The van der Waals surface area contributed by atoms with Crippen molar-refractivity contribution in [2.75, 3.05) is 6.61 Å². The maximum absolute atomic E-state index is 12.8. The molecule has 0 spiro atoms. The number of aliphatic hydroxyl groups excluding tert-OH is 1. The van der Waals surface area contributed by atoms with Gasteiger partial charge in [-0.2, -0.15) is 0 Å². The number of nitrogens with zero attached hydrogens (tertiary/aromatic N) is 1. The minimum Gasteiger partial charge on any atom is -0.502 e. The summed E-state index contributed by atoms with van der Waals surface area (Å²) in [6.07, 6.45) is 0.857. The van der Waals surface area contributed by atoms with Crippen molar-refractivity contribution in [1.29, 1.82) is 0 Å². The molecule has 0 saturated heterocycles. The van der Waals surface area contributed by atoms with Crippen LogP contribution in [0.4, 0.5) is 10.1 Å². The summed E-state index contributed by atoms with van der Waals surface area (Å²) in [7, 11) is 0. The molecule has 7 heteroatoms. The van der Waals surface area contributed by atoms with Crippen molar-refractivity contribution in [2.24, 2.45) is 0 Å². The highest BCUT2D eigenvalue weighted by atomic mass is 19.1. The quantitative estimate of drug-likeness (QED) is 0.293. The highest BCUT2D eigenvalue weighted by Crippen LogP contribution is 2.22. The predicted octanol–water partition coefficient (Wildman–Crippen LogP) is 2.20. The van der Waals surface area contributed by atoms with Gasteiger partial charge in [-0.1, -0.05) is 0 Å². The molecular weight excluding hydrogens is 245 g/mol. The first kappa shape index (κ1) is 13.6. The smallest absolute Gasteiger partial charge is 0.373 e. The Morgan fingerprint density at radius 3 is 2.83 bits per heavy atom. The number of nitro groups is 1. The molecule has 6 nitrogen and oxygen atoms in total. The standard InChI is InChI=1S/C11H10FNO5/c1-2-18-11(15)10(14)5-7-3-4-8(12)6-9(7)13(16)17/h3-6,14H,2H2,1H3. The van der Waals surface area contributed by atoms with Crippen LogP contribution in [0.3, 0.4) is 0 Å². The van der Waals surface area contributed by atoms with Gasteiger partial charge in [-0.05, 0) is 19.1 Å². The minimum absolute atomic E-state index is 0.0578. The van der Waals surface area contributed by atoms with Gasteiger partial charge in [0.15, 0.2) is 0 Å². The van der Waals surface area contributed by atoms with E-state index in [9.17, 15) is 24.4 Å². The third kappa shape index (κ3) is 3.27. The number of carbonyl (C=O) groups is 1. The monoisotopic (exact) mass is 255 g/mol. The van der Waals surface area contributed by atoms with E-state index >= 15 is 0 Å². The first-order valence-corrected chi connectivity index (χ1v) is 4.97. The number of carbonyl (C=O) groups excluding carboxylic acids is 1. The molecule has 1 N–H and O–H groups in total. The molecule has 96 valence electrons. The fraction of sp³-hybridized carbons (Fsp3) is 0.182. The number of halogens is 1. The van der Waals surface area contributed by atoms with E-state index in [1.807, 2.05) is 0 Å². The Balaban J connectivity index is 3.14.